The van der Waals surface area contributed by atoms with Crippen LogP contribution in [0.4, 0.5) is 5.82 Å². The van der Waals surface area contributed by atoms with Gasteiger partial charge in [0.25, 0.3) is 0 Å². The van der Waals surface area contributed by atoms with Crippen LogP contribution in [0, 0.1) is 18.3 Å². The van der Waals surface area contributed by atoms with Gasteiger partial charge in [-0.15, -0.1) is 0 Å². The summed E-state index contributed by atoms with van der Waals surface area (Å²) < 4.78 is 1.81. The van der Waals surface area contributed by atoms with E-state index in [0.29, 0.717) is 29.2 Å². The minimum absolute atomic E-state index is 0.0354. The molecule has 2 aliphatic carbocycles. The number of imidazole rings is 1. The lowest BCUT2D eigenvalue weighted by Gasteiger charge is -2.23. The molecule has 2 aliphatic rings. The van der Waals surface area contributed by atoms with Crippen molar-refractivity contribution >= 4 is 17.0 Å². The van der Waals surface area contributed by atoms with Crippen LogP contribution in [-0.4, -0.2) is 60.7 Å². The summed E-state index contributed by atoms with van der Waals surface area (Å²) in [6.45, 7) is 1.68. The number of aliphatic hydroxyl groups excluding tert-OH is 3. The van der Waals surface area contributed by atoms with Crippen LogP contribution in [0.3, 0.4) is 0 Å². The molecule has 0 spiro atoms. The summed E-state index contributed by atoms with van der Waals surface area (Å²) in [7, 11) is 1.77. The van der Waals surface area contributed by atoms with Crippen LogP contribution in [0.2, 0.25) is 0 Å². The molecule has 8 heteroatoms. The second-order valence-electron chi connectivity index (χ2n) is 6.32. The fourth-order valence-corrected chi connectivity index (χ4v) is 3.97. The zero-order valence-corrected chi connectivity index (χ0v) is 12.4. The molecular weight excluding hydrogens is 286 g/mol. The van der Waals surface area contributed by atoms with E-state index in [1.54, 1.807) is 20.3 Å². The Labute approximate surface area is 126 Å². The van der Waals surface area contributed by atoms with Gasteiger partial charge in [0.1, 0.15) is 17.4 Å². The highest BCUT2D eigenvalue weighted by Gasteiger charge is 2.71. The number of hydrogen-bond donors (Lipinski definition) is 4. The van der Waals surface area contributed by atoms with E-state index in [4.69, 9.17) is 0 Å². The molecule has 2 heterocycles. The first kappa shape index (κ1) is 13.9. The zero-order chi connectivity index (χ0) is 15.6. The maximum atomic E-state index is 10.4. The van der Waals surface area contributed by atoms with E-state index in [1.165, 1.54) is 0 Å². The molecule has 5 unspecified atom stereocenters. The molecule has 22 heavy (non-hydrogen) atoms. The molecular formula is C14H19N5O3. The molecule has 2 fully saturated rings. The number of hydrogen-bond acceptors (Lipinski definition) is 7. The number of aromatic nitrogens is 4. The van der Waals surface area contributed by atoms with Crippen molar-refractivity contribution in [2.45, 2.75) is 31.6 Å². The van der Waals surface area contributed by atoms with Gasteiger partial charge in [-0.1, -0.05) is 0 Å². The molecule has 0 aliphatic heterocycles. The minimum atomic E-state index is -0.934. The molecule has 5 atom stereocenters. The molecule has 2 aromatic heterocycles. The van der Waals surface area contributed by atoms with Crippen molar-refractivity contribution in [2.75, 3.05) is 19.0 Å². The van der Waals surface area contributed by atoms with E-state index in [1.807, 2.05) is 4.57 Å². The Kier molecular flexibility index (Phi) is 2.76. The third-order valence-corrected chi connectivity index (χ3v) is 5.24. The number of aryl methyl sites for hydroxylation is 1. The SMILES string of the molecule is CNc1nc(C)nc2c1ncn2C1C(O)C(O)C2(CO)CC12. The van der Waals surface area contributed by atoms with Crippen molar-refractivity contribution in [1.82, 2.24) is 19.5 Å². The highest BCUT2D eigenvalue weighted by Crippen LogP contribution is 2.67. The van der Waals surface area contributed by atoms with Crippen molar-refractivity contribution in [2.24, 2.45) is 11.3 Å². The number of anilines is 1. The number of fused-ring (bicyclic) bond motifs is 2. The Morgan fingerprint density at radius 2 is 2.18 bits per heavy atom. The van der Waals surface area contributed by atoms with Gasteiger partial charge in [0.15, 0.2) is 11.5 Å². The summed E-state index contributed by atoms with van der Waals surface area (Å²) in [4.78, 5) is 13.1. The molecule has 0 aromatic carbocycles. The molecule has 0 radical (unpaired) electrons. The van der Waals surface area contributed by atoms with Crippen molar-refractivity contribution in [3.05, 3.63) is 12.2 Å². The maximum absolute atomic E-state index is 10.4. The predicted octanol–water partition coefficient (Wildman–Crippen LogP) is -0.548. The maximum Gasteiger partial charge on any atom is 0.166 e. The fourth-order valence-electron chi connectivity index (χ4n) is 3.97. The van der Waals surface area contributed by atoms with Crippen molar-refractivity contribution in [3.8, 4) is 0 Å². The van der Waals surface area contributed by atoms with Crippen molar-refractivity contribution in [3.63, 3.8) is 0 Å². The predicted molar refractivity (Wildman–Crippen MR) is 78.3 cm³/mol. The lowest BCUT2D eigenvalue weighted by Crippen LogP contribution is -2.35. The van der Waals surface area contributed by atoms with E-state index in [9.17, 15) is 15.3 Å². The second kappa shape index (κ2) is 4.37. The summed E-state index contributed by atoms with van der Waals surface area (Å²) in [6.07, 6.45) is 0.481. The molecule has 118 valence electrons. The molecule has 0 amide bonds. The Morgan fingerprint density at radius 3 is 2.82 bits per heavy atom. The third-order valence-electron chi connectivity index (χ3n) is 5.24. The largest absolute Gasteiger partial charge is 0.396 e. The van der Waals surface area contributed by atoms with Gasteiger partial charge in [-0.05, 0) is 19.3 Å². The molecule has 8 nitrogen and oxygen atoms in total. The number of nitrogens with one attached hydrogen (secondary N) is 1. The Bertz CT molecular complexity index is 747. The molecule has 2 aromatic rings. The Balaban J connectivity index is 1.84. The molecule has 4 N–H and O–H groups in total. The smallest absolute Gasteiger partial charge is 0.166 e. The van der Waals surface area contributed by atoms with E-state index in [2.05, 4.69) is 20.3 Å². The molecule has 0 saturated heterocycles. The zero-order valence-electron chi connectivity index (χ0n) is 12.4. The van der Waals surface area contributed by atoms with Crippen LogP contribution in [0.5, 0.6) is 0 Å². The quantitative estimate of drug-likeness (QED) is 0.601. The van der Waals surface area contributed by atoms with E-state index < -0.39 is 17.6 Å². The van der Waals surface area contributed by atoms with E-state index in [-0.39, 0.29) is 18.6 Å². The van der Waals surface area contributed by atoms with Gasteiger partial charge >= 0.3 is 0 Å². The van der Waals surface area contributed by atoms with Gasteiger partial charge in [0, 0.05) is 12.5 Å². The molecule has 0 bridgehead atoms. The topological polar surface area (TPSA) is 116 Å². The fraction of sp³-hybridized carbons (Fsp3) is 0.643. The third kappa shape index (κ3) is 1.54. The Hall–Kier alpha value is -1.77. The average Bonchev–Trinajstić information content (AvgIpc) is 3.04. The lowest BCUT2D eigenvalue weighted by atomic mass is 10.0. The first-order chi connectivity index (χ1) is 10.5. The van der Waals surface area contributed by atoms with E-state index in [0.717, 1.165) is 0 Å². The number of nitrogens with zero attached hydrogens (tertiary/aromatic N) is 4. The van der Waals surface area contributed by atoms with Crippen molar-refractivity contribution < 1.29 is 15.3 Å². The summed E-state index contributed by atoms with van der Waals surface area (Å²) in [6, 6.07) is -0.328. The summed E-state index contributed by atoms with van der Waals surface area (Å²) in [5.41, 5.74) is 0.694. The summed E-state index contributed by atoms with van der Waals surface area (Å²) >= 11 is 0. The van der Waals surface area contributed by atoms with Gasteiger partial charge in [-0.3, -0.25) is 0 Å². The standard InChI is InChI=1S/C14H19N5O3/c1-6-17-12(15-2)8-13(18-6)19(5-16-8)9-7-3-14(7,4-20)11(22)10(9)21/h5,7,9-11,20-22H,3-4H2,1-2H3,(H,15,17,18). The first-order valence-corrected chi connectivity index (χ1v) is 7.39. The minimum Gasteiger partial charge on any atom is -0.396 e. The molecule has 4 rings (SSSR count). The first-order valence-electron chi connectivity index (χ1n) is 7.39. The molecule has 2 saturated carbocycles. The lowest BCUT2D eigenvalue weighted by molar-refractivity contribution is -0.0300. The normalized spacial score (nSPS) is 36.6. The van der Waals surface area contributed by atoms with Gasteiger partial charge in [0.05, 0.1) is 25.1 Å². The van der Waals surface area contributed by atoms with Gasteiger partial charge in [-0.25, -0.2) is 15.0 Å². The van der Waals surface area contributed by atoms with Crippen LogP contribution in [0.15, 0.2) is 6.33 Å². The van der Waals surface area contributed by atoms with E-state index >= 15 is 0 Å². The summed E-state index contributed by atoms with van der Waals surface area (Å²) in [5.74, 6) is 1.28. The van der Waals surface area contributed by atoms with Crippen LogP contribution in [0.1, 0.15) is 18.3 Å². The van der Waals surface area contributed by atoms with Crippen LogP contribution in [-0.2, 0) is 0 Å². The number of aliphatic hydroxyl groups is 3. The number of rotatable bonds is 3. The monoisotopic (exact) mass is 305 g/mol. The second-order valence-corrected chi connectivity index (χ2v) is 6.32. The highest BCUT2D eigenvalue weighted by molar-refractivity contribution is 5.83. The van der Waals surface area contributed by atoms with Crippen LogP contribution < -0.4 is 5.32 Å². The van der Waals surface area contributed by atoms with Gasteiger partial charge in [-0.2, -0.15) is 0 Å². The van der Waals surface area contributed by atoms with Gasteiger partial charge < -0.3 is 25.2 Å². The van der Waals surface area contributed by atoms with Crippen LogP contribution in [0.25, 0.3) is 11.2 Å². The van der Waals surface area contributed by atoms with Crippen LogP contribution >= 0.6 is 0 Å². The van der Waals surface area contributed by atoms with Crippen molar-refractivity contribution in [1.29, 1.82) is 0 Å². The Morgan fingerprint density at radius 1 is 1.41 bits per heavy atom. The summed E-state index contributed by atoms with van der Waals surface area (Å²) in [5, 5.41) is 33.3. The van der Waals surface area contributed by atoms with Gasteiger partial charge in [0.2, 0.25) is 0 Å². The average molecular weight is 305 g/mol. The highest BCUT2D eigenvalue weighted by atomic mass is 16.3.